The molecule has 4 nitrogen and oxygen atoms in total. The van der Waals surface area contributed by atoms with Gasteiger partial charge in [0.2, 0.25) is 0 Å². The minimum absolute atomic E-state index is 0.270. The van der Waals surface area contributed by atoms with Gasteiger partial charge in [0.05, 0.1) is 27.9 Å². The molecule has 0 aliphatic rings. The fourth-order valence-corrected chi connectivity index (χ4v) is 1.88. The van der Waals surface area contributed by atoms with Crippen molar-refractivity contribution in [2.24, 2.45) is 0 Å². The Kier molecular flexibility index (Phi) is 4.24. The predicted molar refractivity (Wildman–Crippen MR) is 78.2 cm³/mol. The van der Waals surface area contributed by atoms with E-state index in [-0.39, 0.29) is 11.6 Å². The summed E-state index contributed by atoms with van der Waals surface area (Å²) in [4.78, 5) is 12.0. The van der Waals surface area contributed by atoms with Crippen molar-refractivity contribution >= 4 is 23.2 Å². The minimum Gasteiger partial charge on any atom is -0.397 e. The summed E-state index contributed by atoms with van der Waals surface area (Å²) in [6.07, 6.45) is 0. The molecule has 2 aromatic rings. The van der Waals surface area contributed by atoms with Crippen molar-refractivity contribution in [3.8, 4) is 6.07 Å². The largest absolute Gasteiger partial charge is 0.397 e. The summed E-state index contributed by atoms with van der Waals surface area (Å²) in [6.45, 7) is 0.358. The van der Waals surface area contributed by atoms with Gasteiger partial charge in [-0.2, -0.15) is 5.26 Å². The standard InChI is InChI=1S/C15H12ClN3O/c16-13-3-1-2-12(14(13)18)15(20)19-9-11-6-4-10(8-17)5-7-11/h1-7H,9,18H2,(H,19,20). The highest BCUT2D eigenvalue weighted by Crippen LogP contribution is 2.22. The van der Waals surface area contributed by atoms with E-state index in [0.717, 1.165) is 5.56 Å². The zero-order valence-electron chi connectivity index (χ0n) is 10.6. The SMILES string of the molecule is N#Cc1ccc(CNC(=O)c2cccc(Cl)c2N)cc1. The van der Waals surface area contributed by atoms with Crippen molar-refractivity contribution in [3.05, 3.63) is 64.2 Å². The number of carbonyl (C=O) groups excluding carboxylic acids is 1. The first-order valence-corrected chi connectivity index (χ1v) is 6.31. The molecule has 0 aromatic heterocycles. The maximum absolute atomic E-state index is 12.0. The number of nitriles is 1. The molecular formula is C15H12ClN3O. The third-order valence-corrected chi connectivity index (χ3v) is 3.16. The van der Waals surface area contributed by atoms with E-state index in [1.165, 1.54) is 0 Å². The van der Waals surface area contributed by atoms with Crippen LogP contribution in [0.25, 0.3) is 0 Å². The summed E-state index contributed by atoms with van der Waals surface area (Å²) in [5, 5.41) is 11.8. The molecule has 0 fully saturated rings. The average molecular weight is 286 g/mol. The maximum Gasteiger partial charge on any atom is 0.253 e. The molecule has 0 heterocycles. The molecule has 100 valence electrons. The maximum atomic E-state index is 12.0. The number of halogens is 1. The molecule has 0 atom stereocenters. The number of nitrogens with zero attached hydrogens (tertiary/aromatic N) is 1. The summed E-state index contributed by atoms with van der Waals surface area (Å²) >= 11 is 5.87. The van der Waals surface area contributed by atoms with E-state index in [0.29, 0.717) is 22.7 Å². The van der Waals surface area contributed by atoms with Crippen molar-refractivity contribution in [2.45, 2.75) is 6.54 Å². The lowest BCUT2D eigenvalue weighted by Crippen LogP contribution is -2.23. The number of para-hydroxylation sites is 1. The quantitative estimate of drug-likeness (QED) is 0.851. The van der Waals surface area contributed by atoms with Crippen LogP contribution in [0.15, 0.2) is 42.5 Å². The van der Waals surface area contributed by atoms with E-state index in [9.17, 15) is 4.79 Å². The number of amides is 1. The van der Waals surface area contributed by atoms with Crippen molar-refractivity contribution in [1.82, 2.24) is 5.32 Å². The van der Waals surface area contributed by atoms with Gasteiger partial charge < -0.3 is 11.1 Å². The Morgan fingerprint density at radius 3 is 2.60 bits per heavy atom. The number of carbonyl (C=O) groups is 1. The first-order chi connectivity index (χ1) is 9.61. The van der Waals surface area contributed by atoms with Gasteiger partial charge in [0, 0.05) is 6.54 Å². The van der Waals surface area contributed by atoms with Crippen molar-refractivity contribution < 1.29 is 4.79 Å². The van der Waals surface area contributed by atoms with Gasteiger partial charge in [-0.3, -0.25) is 4.79 Å². The molecule has 3 N–H and O–H groups in total. The molecule has 2 rings (SSSR count). The molecule has 0 radical (unpaired) electrons. The number of nitrogen functional groups attached to an aromatic ring is 1. The van der Waals surface area contributed by atoms with Gasteiger partial charge in [0.15, 0.2) is 0 Å². The lowest BCUT2D eigenvalue weighted by Gasteiger charge is -2.08. The Labute approximate surface area is 121 Å². The summed E-state index contributed by atoms with van der Waals surface area (Å²) < 4.78 is 0. The van der Waals surface area contributed by atoms with Crippen LogP contribution in [0.5, 0.6) is 0 Å². The van der Waals surface area contributed by atoms with Crippen molar-refractivity contribution in [3.63, 3.8) is 0 Å². The van der Waals surface area contributed by atoms with Crippen LogP contribution in [0.1, 0.15) is 21.5 Å². The van der Waals surface area contributed by atoms with Crippen molar-refractivity contribution in [1.29, 1.82) is 5.26 Å². The van der Waals surface area contributed by atoms with Gasteiger partial charge in [-0.1, -0.05) is 29.8 Å². The zero-order valence-corrected chi connectivity index (χ0v) is 11.3. The molecule has 0 saturated heterocycles. The van der Waals surface area contributed by atoms with Crippen LogP contribution in [0.3, 0.4) is 0 Å². The summed E-state index contributed by atoms with van der Waals surface area (Å²) in [7, 11) is 0. The molecule has 2 aromatic carbocycles. The lowest BCUT2D eigenvalue weighted by molar-refractivity contribution is 0.0952. The Morgan fingerprint density at radius 1 is 1.25 bits per heavy atom. The molecule has 5 heteroatoms. The number of benzene rings is 2. The number of anilines is 1. The van der Waals surface area contributed by atoms with Crippen LogP contribution < -0.4 is 11.1 Å². The van der Waals surface area contributed by atoms with Crippen LogP contribution in [-0.4, -0.2) is 5.91 Å². The van der Waals surface area contributed by atoms with Crippen LogP contribution in [-0.2, 0) is 6.54 Å². The van der Waals surface area contributed by atoms with Crippen LogP contribution in [0.4, 0.5) is 5.69 Å². The minimum atomic E-state index is -0.283. The van der Waals surface area contributed by atoms with E-state index < -0.39 is 0 Å². The highest BCUT2D eigenvalue weighted by Gasteiger charge is 2.11. The van der Waals surface area contributed by atoms with Gasteiger partial charge in [0.25, 0.3) is 5.91 Å². The van der Waals surface area contributed by atoms with E-state index in [1.54, 1.807) is 42.5 Å². The molecule has 1 amide bonds. The van der Waals surface area contributed by atoms with Gasteiger partial charge in [-0.15, -0.1) is 0 Å². The third-order valence-electron chi connectivity index (χ3n) is 2.83. The summed E-state index contributed by atoms with van der Waals surface area (Å²) in [6, 6.07) is 14.0. The lowest BCUT2D eigenvalue weighted by atomic mass is 10.1. The highest BCUT2D eigenvalue weighted by atomic mass is 35.5. The Hall–Kier alpha value is -2.51. The second-order valence-corrected chi connectivity index (χ2v) is 4.60. The number of hydrogen-bond acceptors (Lipinski definition) is 3. The second-order valence-electron chi connectivity index (χ2n) is 4.19. The molecule has 0 aliphatic heterocycles. The van der Waals surface area contributed by atoms with Gasteiger partial charge >= 0.3 is 0 Å². The van der Waals surface area contributed by atoms with E-state index >= 15 is 0 Å². The molecule has 0 aliphatic carbocycles. The van der Waals surface area contributed by atoms with Crippen LogP contribution in [0.2, 0.25) is 5.02 Å². The third kappa shape index (κ3) is 3.08. The smallest absolute Gasteiger partial charge is 0.253 e. The normalized spacial score (nSPS) is 9.80. The van der Waals surface area contributed by atoms with Crippen molar-refractivity contribution in [2.75, 3.05) is 5.73 Å². The first-order valence-electron chi connectivity index (χ1n) is 5.93. The van der Waals surface area contributed by atoms with Crippen LogP contribution >= 0.6 is 11.6 Å². The number of nitrogens with one attached hydrogen (secondary N) is 1. The fraction of sp³-hybridized carbons (Fsp3) is 0.0667. The second kappa shape index (κ2) is 6.09. The van der Waals surface area contributed by atoms with Gasteiger partial charge in [0.1, 0.15) is 0 Å². The summed E-state index contributed by atoms with van der Waals surface area (Å²) in [5.41, 5.74) is 7.87. The number of rotatable bonds is 3. The van der Waals surface area contributed by atoms with E-state index in [2.05, 4.69) is 5.32 Å². The van der Waals surface area contributed by atoms with Crippen LogP contribution in [0, 0.1) is 11.3 Å². The topological polar surface area (TPSA) is 78.9 Å². The zero-order chi connectivity index (χ0) is 14.5. The molecule has 0 spiro atoms. The monoisotopic (exact) mass is 285 g/mol. The molecule has 0 unspecified atom stereocenters. The Bertz CT molecular complexity index is 675. The average Bonchev–Trinajstić information content (AvgIpc) is 2.48. The van der Waals surface area contributed by atoms with E-state index in [1.807, 2.05) is 6.07 Å². The number of hydrogen-bond donors (Lipinski definition) is 2. The van der Waals surface area contributed by atoms with Gasteiger partial charge in [-0.25, -0.2) is 0 Å². The Morgan fingerprint density at radius 2 is 1.95 bits per heavy atom. The highest BCUT2D eigenvalue weighted by molar-refractivity contribution is 6.33. The van der Waals surface area contributed by atoms with Gasteiger partial charge in [-0.05, 0) is 29.8 Å². The summed E-state index contributed by atoms with van der Waals surface area (Å²) in [5.74, 6) is -0.283. The fourth-order valence-electron chi connectivity index (χ4n) is 1.71. The van der Waals surface area contributed by atoms with E-state index in [4.69, 9.17) is 22.6 Å². The predicted octanol–water partition coefficient (Wildman–Crippen LogP) is 2.72. The molecule has 0 saturated carbocycles. The number of nitrogens with two attached hydrogens (primary N) is 1. The first kappa shape index (κ1) is 13.9. The molecule has 20 heavy (non-hydrogen) atoms. The molecule has 0 bridgehead atoms. The molecular weight excluding hydrogens is 274 g/mol. The Balaban J connectivity index is 2.05.